The quantitative estimate of drug-likeness (QED) is 0.320. The van der Waals surface area contributed by atoms with Gasteiger partial charge in [0.05, 0.1) is 5.56 Å². The van der Waals surface area contributed by atoms with E-state index in [1.54, 1.807) is 0 Å². The first kappa shape index (κ1) is 19.9. The zero-order valence-corrected chi connectivity index (χ0v) is 18.3. The maximum absolute atomic E-state index is 13.6. The van der Waals surface area contributed by atoms with Gasteiger partial charge in [0.2, 0.25) is 0 Å². The summed E-state index contributed by atoms with van der Waals surface area (Å²) in [7, 11) is 0. The van der Waals surface area contributed by atoms with E-state index >= 15 is 0 Å². The number of aromatic nitrogens is 1. The Morgan fingerprint density at radius 1 is 1.00 bits per heavy atom. The molecule has 1 aromatic heterocycles. The van der Waals surface area contributed by atoms with Gasteiger partial charge in [-0.05, 0) is 54.9 Å². The summed E-state index contributed by atoms with van der Waals surface area (Å²) in [5.74, 6) is 0.165. The Labute approximate surface area is 174 Å². The number of carbonyl (C=O) groups is 1. The molecule has 2 heteroatoms. The van der Waals surface area contributed by atoms with Crippen molar-refractivity contribution < 1.29 is 4.79 Å². The van der Waals surface area contributed by atoms with Crippen molar-refractivity contribution >= 4 is 16.7 Å². The third-order valence-electron chi connectivity index (χ3n) is 6.50. The van der Waals surface area contributed by atoms with E-state index in [0.29, 0.717) is 5.41 Å². The molecule has 0 bridgehead atoms. The molecule has 0 atom stereocenters. The maximum atomic E-state index is 13.6. The summed E-state index contributed by atoms with van der Waals surface area (Å²) in [6, 6.07) is 14.8. The molecule has 0 unspecified atom stereocenters. The maximum Gasteiger partial charge on any atom is 0.195 e. The second-order valence-electron chi connectivity index (χ2n) is 9.52. The zero-order valence-electron chi connectivity index (χ0n) is 18.3. The average molecular weight is 388 g/mol. The van der Waals surface area contributed by atoms with Crippen LogP contribution in [0.15, 0.2) is 42.5 Å². The first-order chi connectivity index (χ1) is 13.9. The Morgan fingerprint density at radius 3 is 2.55 bits per heavy atom. The third kappa shape index (κ3) is 3.77. The van der Waals surface area contributed by atoms with Crippen molar-refractivity contribution in [2.75, 3.05) is 0 Å². The van der Waals surface area contributed by atoms with Gasteiger partial charge in [0.25, 0.3) is 0 Å². The lowest BCUT2D eigenvalue weighted by Gasteiger charge is -2.14. The summed E-state index contributed by atoms with van der Waals surface area (Å²) in [6.45, 7) is 9.96. The predicted octanol–water partition coefficient (Wildman–Crippen LogP) is 6.89. The Bertz CT molecular complexity index is 1050. The van der Waals surface area contributed by atoms with Gasteiger partial charge in [-0.15, -0.1) is 0 Å². The molecule has 29 heavy (non-hydrogen) atoms. The van der Waals surface area contributed by atoms with E-state index in [1.807, 2.05) is 12.1 Å². The van der Waals surface area contributed by atoms with Crippen LogP contribution in [0.4, 0.5) is 0 Å². The molecule has 152 valence electrons. The van der Waals surface area contributed by atoms with Crippen molar-refractivity contribution in [3.05, 3.63) is 70.4 Å². The molecule has 1 aliphatic rings. The lowest BCUT2D eigenvalue weighted by molar-refractivity contribution is 0.103. The van der Waals surface area contributed by atoms with Crippen LogP contribution >= 0.6 is 0 Å². The number of carbonyl (C=O) groups excluding carboxylic acids is 1. The highest BCUT2D eigenvalue weighted by atomic mass is 16.1. The Morgan fingerprint density at radius 2 is 1.76 bits per heavy atom. The van der Waals surface area contributed by atoms with Gasteiger partial charge in [0, 0.05) is 28.7 Å². The van der Waals surface area contributed by atoms with E-state index in [4.69, 9.17) is 0 Å². The van der Waals surface area contributed by atoms with Crippen molar-refractivity contribution in [3.63, 3.8) is 0 Å². The van der Waals surface area contributed by atoms with E-state index in [-0.39, 0.29) is 5.78 Å². The molecular weight excluding hydrogens is 354 g/mol. The van der Waals surface area contributed by atoms with Gasteiger partial charge in [-0.25, -0.2) is 0 Å². The highest BCUT2D eigenvalue weighted by Gasteiger charge is 2.29. The number of rotatable bonds is 7. The Balaban J connectivity index is 1.71. The summed E-state index contributed by atoms with van der Waals surface area (Å²) >= 11 is 0. The molecule has 4 rings (SSSR count). The number of ketones is 1. The third-order valence-corrected chi connectivity index (χ3v) is 6.50. The fourth-order valence-corrected chi connectivity index (χ4v) is 5.04. The van der Waals surface area contributed by atoms with Gasteiger partial charge in [0.15, 0.2) is 5.78 Å². The molecule has 3 aromatic rings. The van der Waals surface area contributed by atoms with Crippen LogP contribution < -0.4 is 0 Å². The molecule has 0 spiro atoms. The van der Waals surface area contributed by atoms with Crippen LogP contribution in [0.3, 0.4) is 0 Å². The van der Waals surface area contributed by atoms with Crippen molar-refractivity contribution in [2.45, 2.75) is 72.8 Å². The summed E-state index contributed by atoms with van der Waals surface area (Å²) in [6.07, 6.45) is 7.08. The van der Waals surface area contributed by atoms with Gasteiger partial charge in [0.1, 0.15) is 0 Å². The van der Waals surface area contributed by atoms with E-state index in [2.05, 4.69) is 62.6 Å². The van der Waals surface area contributed by atoms with Gasteiger partial charge in [-0.1, -0.05) is 70.4 Å². The number of unbranched alkanes of at least 4 members (excludes halogenated alkanes) is 3. The first-order valence-electron chi connectivity index (χ1n) is 11.2. The van der Waals surface area contributed by atoms with E-state index < -0.39 is 0 Å². The normalized spacial score (nSPS) is 15.0. The fraction of sp³-hybridized carbons (Fsp3) is 0.444. The number of hydrogen-bond acceptors (Lipinski definition) is 1. The molecule has 0 saturated heterocycles. The highest BCUT2D eigenvalue weighted by molar-refractivity contribution is 6.17. The fourth-order valence-electron chi connectivity index (χ4n) is 5.04. The Kier molecular flexibility index (Phi) is 5.38. The molecule has 0 aliphatic heterocycles. The van der Waals surface area contributed by atoms with Crippen molar-refractivity contribution in [3.8, 4) is 0 Å². The van der Waals surface area contributed by atoms with Gasteiger partial charge < -0.3 is 4.57 Å². The minimum atomic E-state index is 0.165. The van der Waals surface area contributed by atoms with E-state index in [1.165, 1.54) is 35.9 Å². The van der Waals surface area contributed by atoms with Crippen LogP contribution in [0.25, 0.3) is 10.9 Å². The van der Waals surface area contributed by atoms with Gasteiger partial charge in [-0.3, -0.25) is 4.79 Å². The van der Waals surface area contributed by atoms with Crippen molar-refractivity contribution in [2.24, 2.45) is 5.41 Å². The topological polar surface area (TPSA) is 22.0 Å². The van der Waals surface area contributed by atoms with Crippen LogP contribution in [0.5, 0.6) is 0 Å². The van der Waals surface area contributed by atoms with E-state index in [9.17, 15) is 4.79 Å². The summed E-state index contributed by atoms with van der Waals surface area (Å²) in [4.78, 5) is 13.6. The average Bonchev–Trinajstić information content (AvgIpc) is 3.15. The summed E-state index contributed by atoms with van der Waals surface area (Å²) < 4.78 is 2.36. The highest BCUT2D eigenvalue weighted by Crippen LogP contribution is 2.37. The number of aryl methyl sites for hydroxylation is 1. The molecule has 0 saturated carbocycles. The second-order valence-corrected chi connectivity index (χ2v) is 9.52. The second kappa shape index (κ2) is 7.82. The summed E-state index contributed by atoms with van der Waals surface area (Å²) in [5.41, 5.74) is 7.06. The number of para-hydroxylation sites is 1. The smallest absolute Gasteiger partial charge is 0.195 e. The lowest BCUT2D eigenvalue weighted by Crippen LogP contribution is -2.09. The number of nitrogens with zero attached hydrogens (tertiary/aromatic N) is 1. The molecule has 2 nitrogen and oxygen atoms in total. The predicted molar refractivity (Wildman–Crippen MR) is 122 cm³/mol. The number of hydrogen-bond donors (Lipinski definition) is 0. The monoisotopic (exact) mass is 387 g/mol. The molecule has 1 heterocycles. The number of fused-ring (bicyclic) bond motifs is 2. The minimum absolute atomic E-state index is 0.165. The molecule has 0 N–H and O–H groups in total. The van der Waals surface area contributed by atoms with Crippen LogP contribution in [0.2, 0.25) is 0 Å². The number of benzene rings is 2. The Hall–Kier alpha value is -2.35. The van der Waals surface area contributed by atoms with Gasteiger partial charge in [-0.2, -0.15) is 0 Å². The standard InChI is InChI=1S/C27H33NO/c1-5-6-7-10-15-28-19(2)25(23-11-8-9-12-24(23)28)26(29)20-13-14-21-17-27(3,4)18-22(21)16-20/h8-9,11-14,16H,5-7,10,15,17-18H2,1-4H3. The molecule has 0 fully saturated rings. The molecular formula is C27H33NO. The lowest BCUT2D eigenvalue weighted by atomic mass is 9.90. The summed E-state index contributed by atoms with van der Waals surface area (Å²) in [5, 5.41) is 1.09. The molecule has 1 aliphatic carbocycles. The van der Waals surface area contributed by atoms with Crippen molar-refractivity contribution in [1.82, 2.24) is 4.57 Å². The molecule has 2 aromatic carbocycles. The zero-order chi connectivity index (χ0) is 20.6. The van der Waals surface area contributed by atoms with Crippen molar-refractivity contribution in [1.29, 1.82) is 0 Å². The van der Waals surface area contributed by atoms with Crippen LogP contribution in [0, 0.1) is 12.3 Å². The van der Waals surface area contributed by atoms with Crippen LogP contribution in [-0.2, 0) is 19.4 Å². The van der Waals surface area contributed by atoms with E-state index in [0.717, 1.165) is 48.0 Å². The van der Waals surface area contributed by atoms with Crippen LogP contribution in [0.1, 0.15) is 79.2 Å². The first-order valence-corrected chi connectivity index (χ1v) is 11.2. The van der Waals surface area contributed by atoms with Gasteiger partial charge >= 0.3 is 0 Å². The molecule has 0 radical (unpaired) electrons. The largest absolute Gasteiger partial charge is 0.344 e. The SMILES string of the molecule is CCCCCCn1c(C)c(C(=O)c2ccc3c(c2)CC(C)(C)C3)c2ccccc21. The minimum Gasteiger partial charge on any atom is -0.344 e. The molecule has 0 amide bonds. The van der Waals surface area contributed by atoms with Crippen LogP contribution in [-0.4, -0.2) is 10.4 Å².